The second-order valence-electron chi connectivity index (χ2n) is 5.15. The Morgan fingerprint density at radius 2 is 1.73 bits per heavy atom. The van der Waals surface area contributed by atoms with Crippen molar-refractivity contribution in [1.82, 2.24) is 5.32 Å². The van der Waals surface area contributed by atoms with Gasteiger partial charge >= 0.3 is 18.0 Å². The standard InChI is InChI=1S/C13H23NO6S2/c1-13(2,3)20-12(17)14-9(11(16)19-5)8-22-21-7-6-10(15)18-4/h9H,6-8H2,1-5H3,(H,14,17). The zero-order chi connectivity index (χ0) is 17.2. The highest BCUT2D eigenvalue weighted by Crippen LogP contribution is 2.23. The van der Waals surface area contributed by atoms with Crippen LogP contribution in [0.2, 0.25) is 0 Å². The third-order valence-corrected chi connectivity index (χ3v) is 4.53. The predicted molar refractivity (Wildman–Crippen MR) is 86.7 cm³/mol. The molecule has 0 spiro atoms. The van der Waals surface area contributed by atoms with E-state index in [-0.39, 0.29) is 12.4 Å². The molecule has 0 bridgehead atoms. The lowest BCUT2D eigenvalue weighted by atomic mass is 10.2. The van der Waals surface area contributed by atoms with Crippen LogP contribution in [0, 0.1) is 0 Å². The topological polar surface area (TPSA) is 90.9 Å². The van der Waals surface area contributed by atoms with Crippen LogP contribution in [0.15, 0.2) is 0 Å². The van der Waals surface area contributed by atoms with Crippen molar-refractivity contribution in [3.05, 3.63) is 0 Å². The summed E-state index contributed by atoms with van der Waals surface area (Å²) in [6.07, 6.45) is -0.389. The van der Waals surface area contributed by atoms with Crippen LogP contribution >= 0.6 is 21.6 Å². The highest BCUT2D eigenvalue weighted by atomic mass is 33.1. The Labute approximate surface area is 138 Å². The summed E-state index contributed by atoms with van der Waals surface area (Å²) in [4.78, 5) is 34.3. The normalized spacial score (nSPS) is 12.2. The van der Waals surface area contributed by atoms with E-state index >= 15 is 0 Å². The van der Waals surface area contributed by atoms with Crippen molar-refractivity contribution in [3.63, 3.8) is 0 Å². The Morgan fingerprint density at radius 1 is 1.09 bits per heavy atom. The van der Waals surface area contributed by atoms with Gasteiger partial charge in [0.05, 0.1) is 20.6 Å². The van der Waals surface area contributed by atoms with Crippen molar-refractivity contribution in [2.45, 2.75) is 38.8 Å². The van der Waals surface area contributed by atoms with E-state index in [4.69, 9.17) is 4.74 Å². The van der Waals surface area contributed by atoms with E-state index in [2.05, 4.69) is 14.8 Å². The number of methoxy groups -OCH3 is 2. The van der Waals surface area contributed by atoms with Crippen LogP contribution in [-0.2, 0) is 23.8 Å². The quantitative estimate of drug-likeness (QED) is 0.307. The molecule has 1 unspecified atom stereocenters. The Bertz CT molecular complexity index is 383. The lowest BCUT2D eigenvalue weighted by Gasteiger charge is -2.22. The number of hydrogen-bond donors (Lipinski definition) is 1. The average Bonchev–Trinajstić information content (AvgIpc) is 2.42. The van der Waals surface area contributed by atoms with Gasteiger partial charge in [-0.1, -0.05) is 21.6 Å². The Hall–Kier alpha value is -1.09. The fourth-order valence-electron chi connectivity index (χ4n) is 1.16. The molecule has 0 aromatic heterocycles. The van der Waals surface area contributed by atoms with Gasteiger partial charge < -0.3 is 19.5 Å². The number of esters is 2. The third kappa shape index (κ3) is 10.6. The van der Waals surface area contributed by atoms with E-state index in [9.17, 15) is 14.4 Å². The van der Waals surface area contributed by atoms with Crippen molar-refractivity contribution < 1.29 is 28.6 Å². The Morgan fingerprint density at radius 3 is 2.23 bits per heavy atom. The molecule has 0 aromatic carbocycles. The van der Waals surface area contributed by atoms with Gasteiger partial charge in [-0.3, -0.25) is 4.79 Å². The number of alkyl carbamates (subject to hydrolysis) is 1. The summed E-state index contributed by atoms with van der Waals surface area (Å²) < 4.78 is 14.3. The molecule has 0 rings (SSSR count). The summed E-state index contributed by atoms with van der Waals surface area (Å²) in [5, 5.41) is 2.47. The van der Waals surface area contributed by atoms with Crippen LogP contribution in [-0.4, -0.2) is 55.4 Å². The molecule has 0 aromatic rings. The number of amides is 1. The van der Waals surface area contributed by atoms with Crippen molar-refractivity contribution in [1.29, 1.82) is 0 Å². The van der Waals surface area contributed by atoms with Crippen molar-refractivity contribution in [2.75, 3.05) is 25.7 Å². The second-order valence-corrected chi connectivity index (χ2v) is 7.78. The third-order valence-electron chi connectivity index (χ3n) is 2.11. The molecule has 9 heteroatoms. The second kappa shape index (κ2) is 10.6. The molecule has 0 aliphatic rings. The average molecular weight is 353 g/mol. The molecule has 1 N–H and O–H groups in total. The van der Waals surface area contributed by atoms with Crippen molar-refractivity contribution >= 4 is 39.6 Å². The summed E-state index contributed by atoms with van der Waals surface area (Å²) >= 11 is 0. The van der Waals surface area contributed by atoms with Crippen LogP contribution in [0.5, 0.6) is 0 Å². The lowest BCUT2D eigenvalue weighted by Crippen LogP contribution is -2.45. The Balaban J connectivity index is 4.22. The summed E-state index contributed by atoms with van der Waals surface area (Å²) in [5.41, 5.74) is -0.646. The van der Waals surface area contributed by atoms with E-state index in [1.807, 2.05) is 0 Å². The fraction of sp³-hybridized carbons (Fsp3) is 0.769. The van der Waals surface area contributed by atoms with E-state index in [1.165, 1.54) is 35.8 Å². The van der Waals surface area contributed by atoms with E-state index in [0.29, 0.717) is 11.5 Å². The minimum atomic E-state index is -0.810. The molecule has 0 aliphatic heterocycles. The minimum absolute atomic E-state index is 0.288. The van der Waals surface area contributed by atoms with Gasteiger partial charge in [0.2, 0.25) is 0 Å². The van der Waals surface area contributed by atoms with Gasteiger partial charge in [-0.15, -0.1) is 0 Å². The van der Waals surface area contributed by atoms with Gasteiger partial charge in [0.15, 0.2) is 0 Å². The molecule has 0 aliphatic carbocycles. The maximum atomic E-state index is 11.7. The summed E-state index contributed by atoms with van der Waals surface area (Å²) in [6, 6.07) is -0.810. The molecule has 0 radical (unpaired) electrons. The zero-order valence-electron chi connectivity index (χ0n) is 13.5. The number of rotatable bonds is 8. The van der Waals surface area contributed by atoms with Gasteiger partial charge in [-0.25, -0.2) is 9.59 Å². The van der Waals surface area contributed by atoms with Crippen molar-refractivity contribution in [3.8, 4) is 0 Å². The maximum Gasteiger partial charge on any atom is 0.408 e. The number of ether oxygens (including phenoxy) is 3. The number of carbonyl (C=O) groups is 3. The Kier molecular flexibility index (Phi) is 10.1. The van der Waals surface area contributed by atoms with Gasteiger partial charge in [-0.05, 0) is 20.8 Å². The summed E-state index contributed by atoms with van der Waals surface area (Å²) in [6.45, 7) is 5.20. The van der Waals surface area contributed by atoms with Gasteiger partial charge in [0, 0.05) is 11.5 Å². The first kappa shape index (κ1) is 20.9. The van der Waals surface area contributed by atoms with Gasteiger partial charge in [0.25, 0.3) is 0 Å². The monoisotopic (exact) mass is 353 g/mol. The maximum absolute atomic E-state index is 11.7. The molecule has 128 valence electrons. The minimum Gasteiger partial charge on any atom is -0.469 e. The highest BCUT2D eigenvalue weighted by Gasteiger charge is 2.25. The molecule has 22 heavy (non-hydrogen) atoms. The van der Waals surface area contributed by atoms with E-state index in [0.717, 1.165) is 0 Å². The van der Waals surface area contributed by atoms with Crippen LogP contribution in [0.1, 0.15) is 27.2 Å². The molecule has 0 heterocycles. The summed E-state index contributed by atoms with van der Waals surface area (Å²) in [7, 11) is 5.35. The molecule has 1 atom stereocenters. The molecule has 0 fully saturated rings. The first-order valence-corrected chi connectivity index (χ1v) is 9.07. The molecule has 0 saturated heterocycles. The molecule has 0 saturated carbocycles. The number of nitrogens with one attached hydrogen (secondary N) is 1. The number of carbonyl (C=O) groups excluding carboxylic acids is 3. The zero-order valence-corrected chi connectivity index (χ0v) is 15.1. The largest absolute Gasteiger partial charge is 0.469 e. The highest BCUT2D eigenvalue weighted by molar-refractivity contribution is 8.76. The molecule has 7 nitrogen and oxygen atoms in total. The summed E-state index contributed by atoms with van der Waals surface area (Å²) in [5.74, 6) is 0.0199. The van der Waals surface area contributed by atoms with Crippen LogP contribution in [0.4, 0.5) is 4.79 Å². The first-order valence-electron chi connectivity index (χ1n) is 6.58. The number of hydrogen-bond acceptors (Lipinski definition) is 8. The lowest BCUT2D eigenvalue weighted by molar-refractivity contribution is -0.142. The molecular weight excluding hydrogens is 330 g/mol. The van der Waals surface area contributed by atoms with Crippen LogP contribution in [0.25, 0.3) is 0 Å². The molecule has 1 amide bonds. The first-order chi connectivity index (χ1) is 10.2. The van der Waals surface area contributed by atoms with Crippen molar-refractivity contribution in [2.24, 2.45) is 0 Å². The SMILES string of the molecule is COC(=O)CCSSCC(NC(=O)OC(C)(C)C)C(=O)OC. The smallest absolute Gasteiger partial charge is 0.408 e. The predicted octanol–water partition coefficient (Wildman–Crippen LogP) is 2.00. The molecular formula is C13H23NO6S2. The van der Waals surface area contributed by atoms with Gasteiger partial charge in [-0.2, -0.15) is 0 Å². The fourth-order valence-corrected chi connectivity index (χ4v) is 3.28. The van der Waals surface area contributed by atoms with E-state index in [1.54, 1.807) is 20.8 Å². The van der Waals surface area contributed by atoms with Gasteiger partial charge in [0.1, 0.15) is 11.6 Å². The van der Waals surface area contributed by atoms with E-state index < -0.39 is 23.7 Å². The van der Waals surface area contributed by atoms with Crippen LogP contribution in [0.3, 0.4) is 0 Å². The van der Waals surface area contributed by atoms with Crippen LogP contribution < -0.4 is 5.32 Å².